The van der Waals surface area contributed by atoms with Gasteiger partial charge in [-0.2, -0.15) is 0 Å². The van der Waals surface area contributed by atoms with Crippen LogP contribution in [0.3, 0.4) is 0 Å². The van der Waals surface area contributed by atoms with Crippen LogP contribution in [0.5, 0.6) is 5.75 Å². The first-order chi connectivity index (χ1) is 8.90. The van der Waals surface area contributed by atoms with E-state index in [0.29, 0.717) is 12.7 Å². The van der Waals surface area contributed by atoms with E-state index in [2.05, 4.69) is 10.3 Å². The van der Waals surface area contributed by atoms with Crippen molar-refractivity contribution in [1.29, 1.82) is 0 Å². The average molecular weight is 250 g/mol. The lowest BCUT2D eigenvalue weighted by atomic mass is 10.3. The van der Waals surface area contributed by atoms with Crippen molar-refractivity contribution in [3.8, 4) is 5.75 Å². The van der Waals surface area contributed by atoms with Crippen LogP contribution in [-0.4, -0.2) is 30.8 Å². The van der Waals surface area contributed by atoms with Crippen LogP contribution in [0.4, 0.5) is 5.82 Å². The minimum absolute atomic E-state index is 0.474. The monoisotopic (exact) mass is 250 g/mol. The van der Waals surface area contributed by atoms with Crippen LogP contribution in [0.15, 0.2) is 18.3 Å². The third-order valence-electron chi connectivity index (χ3n) is 3.12. The number of hydrogen-bond acceptors (Lipinski definition) is 4. The zero-order chi connectivity index (χ0) is 12.6. The minimum atomic E-state index is 0.474. The molecule has 0 spiro atoms. The molecule has 0 amide bonds. The van der Waals surface area contributed by atoms with Crippen LogP contribution < -0.4 is 10.1 Å². The Balaban J connectivity index is 1.72. The van der Waals surface area contributed by atoms with Gasteiger partial charge in [-0.25, -0.2) is 4.98 Å². The van der Waals surface area contributed by atoms with Crippen molar-refractivity contribution in [2.24, 2.45) is 0 Å². The molecule has 0 aromatic carbocycles. The molecule has 1 fully saturated rings. The van der Waals surface area contributed by atoms with E-state index in [1.807, 2.05) is 19.1 Å². The highest BCUT2D eigenvalue weighted by molar-refractivity contribution is 5.49. The molecule has 4 nitrogen and oxygen atoms in total. The number of nitrogens with zero attached hydrogens (tertiary/aromatic N) is 1. The van der Waals surface area contributed by atoms with Gasteiger partial charge in [-0.3, -0.25) is 0 Å². The summed E-state index contributed by atoms with van der Waals surface area (Å²) in [6.45, 7) is 4.12. The lowest BCUT2D eigenvalue weighted by Gasteiger charge is -2.13. The topological polar surface area (TPSA) is 43.4 Å². The maximum atomic E-state index is 5.79. The van der Waals surface area contributed by atoms with E-state index >= 15 is 0 Å². The first-order valence-corrected chi connectivity index (χ1v) is 6.83. The summed E-state index contributed by atoms with van der Waals surface area (Å²) < 4.78 is 11.3. The molecule has 0 bridgehead atoms. The Kier molecular flexibility index (Phi) is 5.27. The number of anilines is 1. The van der Waals surface area contributed by atoms with Crippen molar-refractivity contribution in [2.45, 2.75) is 38.7 Å². The van der Waals surface area contributed by atoms with E-state index in [9.17, 15) is 0 Å². The molecule has 1 heterocycles. The zero-order valence-electron chi connectivity index (χ0n) is 11.0. The predicted molar refractivity (Wildman–Crippen MR) is 72.1 cm³/mol. The highest BCUT2D eigenvalue weighted by Crippen LogP contribution is 2.22. The van der Waals surface area contributed by atoms with Gasteiger partial charge in [-0.1, -0.05) is 12.8 Å². The molecule has 1 aliphatic carbocycles. The van der Waals surface area contributed by atoms with Gasteiger partial charge in [-0.15, -0.1) is 0 Å². The highest BCUT2D eigenvalue weighted by Gasteiger charge is 2.14. The second kappa shape index (κ2) is 7.21. The lowest BCUT2D eigenvalue weighted by molar-refractivity contribution is 0.0658. The summed E-state index contributed by atoms with van der Waals surface area (Å²) in [7, 11) is 0. The molecular weight excluding hydrogens is 228 g/mol. The lowest BCUT2D eigenvalue weighted by Crippen LogP contribution is -2.16. The molecule has 1 N–H and O–H groups in total. The number of pyridine rings is 1. The fourth-order valence-corrected chi connectivity index (χ4v) is 2.25. The van der Waals surface area contributed by atoms with Crippen LogP contribution in [0.2, 0.25) is 0 Å². The summed E-state index contributed by atoms with van der Waals surface area (Å²) >= 11 is 0. The zero-order valence-corrected chi connectivity index (χ0v) is 11.0. The number of ether oxygens (including phenoxy) is 2. The second-order valence-electron chi connectivity index (χ2n) is 4.49. The van der Waals surface area contributed by atoms with Crippen LogP contribution in [-0.2, 0) is 4.74 Å². The molecule has 18 heavy (non-hydrogen) atoms. The normalized spacial score (nSPS) is 15.8. The first-order valence-electron chi connectivity index (χ1n) is 6.83. The van der Waals surface area contributed by atoms with E-state index < -0.39 is 0 Å². The average Bonchev–Trinajstić information content (AvgIpc) is 2.90. The standard InChI is InChI=1S/C14H22N2O2/c1-2-17-13-8-5-9-15-14(13)16-10-11-18-12-6-3-4-7-12/h5,8-9,12H,2-4,6-7,10-11H2,1H3,(H,15,16). The number of aromatic nitrogens is 1. The van der Waals surface area contributed by atoms with Crippen LogP contribution >= 0.6 is 0 Å². The van der Waals surface area contributed by atoms with Crippen molar-refractivity contribution >= 4 is 5.82 Å². The molecule has 0 saturated heterocycles. The van der Waals surface area contributed by atoms with Gasteiger partial charge < -0.3 is 14.8 Å². The molecule has 0 unspecified atom stereocenters. The maximum Gasteiger partial charge on any atom is 0.168 e. The Morgan fingerprint density at radius 3 is 3.00 bits per heavy atom. The summed E-state index contributed by atoms with van der Waals surface area (Å²) in [5, 5.41) is 3.26. The van der Waals surface area contributed by atoms with Crippen molar-refractivity contribution in [3.63, 3.8) is 0 Å². The third-order valence-corrected chi connectivity index (χ3v) is 3.12. The van der Waals surface area contributed by atoms with E-state index in [4.69, 9.17) is 9.47 Å². The Morgan fingerprint density at radius 2 is 2.22 bits per heavy atom. The van der Waals surface area contributed by atoms with Gasteiger partial charge in [0.25, 0.3) is 0 Å². The molecule has 0 atom stereocenters. The van der Waals surface area contributed by atoms with Gasteiger partial charge in [0, 0.05) is 12.7 Å². The number of rotatable bonds is 7. The molecule has 1 aromatic heterocycles. The van der Waals surface area contributed by atoms with Gasteiger partial charge in [0.15, 0.2) is 11.6 Å². The van der Waals surface area contributed by atoms with Crippen LogP contribution in [0.25, 0.3) is 0 Å². The van der Waals surface area contributed by atoms with E-state index in [0.717, 1.165) is 24.7 Å². The second-order valence-corrected chi connectivity index (χ2v) is 4.49. The minimum Gasteiger partial charge on any atom is -0.490 e. The van der Waals surface area contributed by atoms with Gasteiger partial charge in [0.2, 0.25) is 0 Å². The van der Waals surface area contributed by atoms with E-state index in [1.54, 1.807) is 6.20 Å². The van der Waals surface area contributed by atoms with Gasteiger partial charge in [0.1, 0.15) is 0 Å². The van der Waals surface area contributed by atoms with Gasteiger partial charge in [0.05, 0.1) is 19.3 Å². The number of hydrogen-bond donors (Lipinski definition) is 1. The van der Waals surface area contributed by atoms with Crippen molar-refractivity contribution in [3.05, 3.63) is 18.3 Å². The molecule has 1 aliphatic rings. The molecule has 0 aliphatic heterocycles. The highest BCUT2D eigenvalue weighted by atomic mass is 16.5. The first kappa shape index (κ1) is 13.1. The fourth-order valence-electron chi connectivity index (χ4n) is 2.25. The van der Waals surface area contributed by atoms with Gasteiger partial charge >= 0.3 is 0 Å². The summed E-state index contributed by atoms with van der Waals surface area (Å²) in [6.07, 6.45) is 7.30. The Morgan fingerprint density at radius 1 is 1.39 bits per heavy atom. The smallest absolute Gasteiger partial charge is 0.168 e. The summed E-state index contributed by atoms with van der Waals surface area (Å²) in [5.41, 5.74) is 0. The SMILES string of the molecule is CCOc1cccnc1NCCOC1CCCC1. The largest absolute Gasteiger partial charge is 0.490 e. The molecule has 100 valence electrons. The molecule has 1 aromatic rings. The molecule has 2 rings (SSSR count). The fraction of sp³-hybridized carbons (Fsp3) is 0.643. The van der Waals surface area contributed by atoms with Gasteiger partial charge in [-0.05, 0) is 31.9 Å². The van der Waals surface area contributed by atoms with Crippen LogP contribution in [0.1, 0.15) is 32.6 Å². The summed E-state index contributed by atoms with van der Waals surface area (Å²) in [6, 6.07) is 3.81. The van der Waals surface area contributed by atoms with E-state index in [-0.39, 0.29) is 0 Å². The van der Waals surface area contributed by atoms with Crippen molar-refractivity contribution < 1.29 is 9.47 Å². The summed E-state index contributed by atoms with van der Waals surface area (Å²) in [4.78, 5) is 4.27. The third kappa shape index (κ3) is 3.88. The van der Waals surface area contributed by atoms with Crippen molar-refractivity contribution in [2.75, 3.05) is 25.1 Å². The quantitative estimate of drug-likeness (QED) is 0.756. The molecule has 0 radical (unpaired) electrons. The maximum absolute atomic E-state index is 5.79. The Labute approximate surface area is 109 Å². The molecular formula is C14H22N2O2. The summed E-state index contributed by atoms with van der Waals surface area (Å²) in [5.74, 6) is 1.61. The Hall–Kier alpha value is -1.29. The predicted octanol–water partition coefficient (Wildman–Crippen LogP) is 2.85. The van der Waals surface area contributed by atoms with Crippen LogP contribution in [0, 0.1) is 0 Å². The molecule has 1 saturated carbocycles. The molecule has 4 heteroatoms. The Bertz CT molecular complexity index is 351. The van der Waals surface area contributed by atoms with Crippen molar-refractivity contribution in [1.82, 2.24) is 4.98 Å². The number of nitrogens with one attached hydrogen (secondary N) is 1. The van der Waals surface area contributed by atoms with E-state index in [1.165, 1.54) is 25.7 Å².